The number of hydrogen-bond acceptors (Lipinski definition) is 3. The number of hydrogen-bond donors (Lipinski definition) is 2. The molecule has 0 spiro atoms. The van der Waals surface area contributed by atoms with E-state index in [2.05, 4.69) is 27.8 Å². The molecule has 3 rings (SSSR count). The quantitative estimate of drug-likeness (QED) is 0.904. The van der Waals surface area contributed by atoms with Crippen LogP contribution in [0.2, 0.25) is 0 Å². The minimum atomic E-state index is -0.168. The number of carbonyl (C=O) groups is 1. The third kappa shape index (κ3) is 3.11. The zero-order valence-electron chi connectivity index (χ0n) is 12.0. The van der Waals surface area contributed by atoms with Gasteiger partial charge < -0.3 is 10.6 Å². The van der Waals surface area contributed by atoms with Crippen molar-refractivity contribution in [2.75, 3.05) is 0 Å². The van der Waals surface area contributed by atoms with Gasteiger partial charge in [-0.15, -0.1) is 0 Å². The van der Waals surface area contributed by atoms with Gasteiger partial charge in [0.2, 0.25) is 5.91 Å². The van der Waals surface area contributed by atoms with Crippen molar-refractivity contribution < 1.29 is 4.79 Å². The maximum atomic E-state index is 12.4. The first-order valence-electron chi connectivity index (χ1n) is 7.24. The second-order valence-corrected chi connectivity index (χ2v) is 5.42. The van der Waals surface area contributed by atoms with E-state index < -0.39 is 0 Å². The molecule has 2 atom stereocenters. The summed E-state index contributed by atoms with van der Waals surface area (Å²) in [6.45, 7) is 2.72. The fourth-order valence-corrected chi connectivity index (χ4v) is 2.67. The predicted octanol–water partition coefficient (Wildman–Crippen LogP) is 1.97. The summed E-state index contributed by atoms with van der Waals surface area (Å²) in [5.74, 6) is 0.0425. The smallest absolute Gasteiger partial charge is 0.237 e. The Morgan fingerprint density at radius 3 is 2.86 bits per heavy atom. The molecular formula is C17H19N3O. The van der Waals surface area contributed by atoms with Gasteiger partial charge in [-0.3, -0.25) is 9.78 Å². The van der Waals surface area contributed by atoms with E-state index in [0.29, 0.717) is 0 Å². The van der Waals surface area contributed by atoms with Crippen molar-refractivity contribution in [3.8, 4) is 0 Å². The minimum Gasteiger partial charge on any atom is -0.348 e. The summed E-state index contributed by atoms with van der Waals surface area (Å²) in [6.07, 6.45) is 4.26. The Balaban J connectivity index is 1.65. The Kier molecular flexibility index (Phi) is 3.97. The van der Waals surface area contributed by atoms with Gasteiger partial charge in [-0.25, -0.2) is 0 Å². The predicted molar refractivity (Wildman–Crippen MR) is 81.6 cm³/mol. The van der Waals surface area contributed by atoms with Crippen molar-refractivity contribution in [3.05, 3.63) is 65.5 Å². The summed E-state index contributed by atoms with van der Waals surface area (Å²) in [5, 5.41) is 6.36. The summed E-state index contributed by atoms with van der Waals surface area (Å²) in [5.41, 5.74) is 3.55. The number of pyridine rings is 1. The fourth-order valence-electron chi connectivity index (χ4n) is 2.67. The highest BCUT2D eigenvalue weighted by atomic mass is 16.2. The third-order valence-corrected chi connectivity index (χ3v) is 3.94. The van der Waals surface area contributed by atoms with Crippen LogP contribution in [0.25, 0.3) is 0 Å². The van der Waals surface area contributed by atoms with Crippen molar-refractivity contribution in [1.82, 2.24) is 15.6 Å². The van der Waals surface area contributed by atoms with Crippen LogP contribution >= 0.6 is 0 Å². The normalized spacial score (nSPS) is 18.6. The molecule has 1 unspecified atom stereocenters. The highest BCUT2D eigenvalue weighted by Crippen LogP contribution is 2.17. The summed E-state index contributed by atoms with van der Waals surface area (Å²) in [7, 11) is 0. The van der Waals surface area contributed by atoms with Crippen LogP contribution in [0.5, 0.6) is 0 Å². The van der Waals surface area contributed by atoms with Gasteiger partial charge in [0.05, 0.1) is 12.1 Å². The van der Waals surface area contributed by atoms with Crippen LogP contribution in [0.4, 0.5) is 0 Å². The second kappa shape index (κ2) is 6.06. The lowest BCUT2D eigenvalue weighted by molar-refractivity contribution is -0.124. The average Bonchev–Trinajstić information content (AvgIpc) is 2.55. The number of aromatic nitrogens is 1. The van der Waals surface area contributed by atoms with Crippen LogP contribution in [-0.2, 0) is 17.8 Å². The zero-order chi connectivity index (χ0) is 14.7. The van der Waals surface area contributed by atoms with E-state index in [-0.39, 0.29) is 18.0 Å². The first-order chi connectivity index (χ1) is 10.2. The average molecular weight is 281 g/mol. The number of amides is 1. The molecule has 0 bridgehead atoms. The van der Waals surface area contributed by atoms with Crippen molar-refractivity contribution in [1.29, 1.82) is 0 Å². The summed E-state index contributed by atoms with van der Waals surface area (Å²) >= 11 is 0. The van der Waals surface area contributed by atoms with Crippen LogP contribution in [0.3, 0.4) is 0 Å². The minimum absolute atomic E-state index is 0.0369. The molecule has 4 heteroatoms. The molecule has 0 saturated heterocycles. The lowest BCUT2D eigenvalue weighted by Gasteiger charge is -2.26. The molecule has 1 aromatic heterocycles. The van der Waals surface area contributed by atoms with E-state index in [1.807, 2.05) is 31.2 Å². The summed E-state index contributed by atoms with van der Waals surface area (Å²) in [6, 6.07) is 11.9. The van der Waals surface area contributed by atoms with Gasteiger partial charge in [0.25, 0.3) is 0 Å². The van der Waals surface area contributed by atoms with Gasteiger partial charge in [0.1, 0.15) is 0 Å². The molecule has 1 amide bonds. The lowest BCUT2D eigenvalue weighted by atomic mass is 9.95. The Bertz CT molecular complexity index is 627. The van der Waals surface area contributed by atoms with E-state index in [9.17, 15) is 4.79 Å². The Morgan fingerprint density at radius 2 is 2.10 bits per heavy atom. The molecule has 0 saturated carbocycles. The Morgan fingerprint density at radius 1 is 1.29 bits per heavy atom. The van der Waals surface area contributed by atoms with Crippen molar-refractivity contribution in [2.45, 2.75) is 32.0 Å². The van der Waals surface area contributed by atoms with Gasteiger partial charge in [-0.2, -0.15) is 0 Å². The van der Waals surface area contributed by atoms with Crippen LogP contribution in [0.1, 0.15) is 29.7 Å². The SMILES string of the molecule is C[C@H](NC(=O)C1Cc2ccccc2CN1)c1cccnc1. The molecule has 1 aliphatic rings. The molecule has 0 radical (unpaired) electrons. The molecule has 2 N–H and O–H groups in total. The molecule has 2 heterocycles. The van der Waals surface area contributed by atoms with E-state index in [0.717, 1.165) is 18.5 Å². The number of nitrogens with one attached hydrogen (secondary N) is 2. The number of nitrogens with zero attached hydrogens (tertiary/aromatic N) is 1. The maximum Gasteiger partial charge on any atom is 0.237 e. The Hall–Kier alpha value is -2.20. The molecule has 4 nitrogen and oxygen atoms in total. The number of rotatable bonds is 3. The van der Waals surface area contributed by atoms with Gasteiger partial charge in [-0.1, -0.05) is 30.3 Å². The van der Waals surface area contributed by atoms with Crippen molar-refractivity contribution in [2.24, 2.45) is 0 Å². The summed E-state index contributed by atoms with van der Waals surface area (Å²) in [4.78, 5) is 16.5. The van der Waals surface area contributed by atoms with E-state index >= 15 is 0 Å². The molecule has 108 valence electrons. The lowest BCUT2D eigenvalue weighted by Crippen LogP contribution is -2.48. The standard InChI is InChI=1S/C17H19N3O/c1-12(14-7-4-8-18-10-14)20-17(21)16-9-13-5-2-3-6-15(13)11-19-16/h2-8,10,12,16,19H,9,11H2,1H3,(H,20,21)/t12-,16?/m0/s1. The number of carbonyl (C=O) groups excluding carboxylic acids is 1. The van der Waals surface area contributed by atoms with Crippen LogP contribution in [-0.4, -0.2) is 16.9 Å². The topological polar surface area (TPSA) is 54.0 Å². The largest absolute Gasteiger partial charge is 0.348 e. The van der Waals surface area contributed by atoms with Gasteiger partial charge in [-0.05, 0) is 36.1 Å². The van der Waals surface area contributed by atoms with Crippen LogP contribution in [0, 0.1) is 0 Å². The maximum absolute atomic E-state index is 12.4. The van der Waals surface area contributed by atoms with Crippen LogP contribution in [0.15, 0.2) is 48.8 Å². The van der Waals surface area contributed by atoms with Gasteiger partial charge in [0, 0.05) is 18.9 Å². The van der Waals surface area contributed by atoms with E-state index in [1.54, 1.807) is 12.4 Å². The summed E-state index contributed by atoms with van der Waals surface area (Å²) < 4.78 is 0. The van der Waals surface area contributed by atoms with E-state index in [1.165, 1.54) is 11.1 Å². The molecule has 1 aromatic carbocycles. The van der Waals surface area contributed by atoms with Crippen LogP contribution < -0.4 is 10.6 Å². The fraction of sp³-hybridized carbons (Fsp3) is 0.294. The van der Waals surface area contributed by atoms with E-state index in [4.69, 9.17) is 0 Å². The molecule has 0 aliphatic carbocycles. The molecule has 0 fully saturated rings. The van der Waals surface area contributed by atoms with Gasteiger partial charge in [0.15, 0.2) is 0 Å². The first-order valence-corrected chi connectivity index (χ1v) is 7.24. The van der Waals surface area contributed by atoms with Gasteiger partial charge >= 0.3 is 0 Å². The number of benzene rings is 1. The number of fused-ring (bicyclic) bond motifs is 1. The first kappa shape index (κ1) is 13.8. The monoisotopic (exact) mass is 281 g/mol. The molecule has 21 heavy (non-hydrogen) atoms. The highest BCUT2D eigenvalue weighted by molar-refractivity contribution is 5.82. The second-order valence-electron chi connectivity index (χ2n) is 5.42. The molecule has 2 aromatic rings. The zero-order valence-corrected chi connectivity index (χ0v) is 12.0. The Labute approximate surface area is 124 Å². The molecular weight excluding hydrogens is 262 g/mol. The van der Waals surface area contributed by atoms with Crippen molar-refractivity contribution >= 4 is 5.91 Å². The third-order valence-electron chi connectivity index (χ3n) is 3.94. The highest BCUT2D eigenvalue weighted by Gasteiger charge is 2.24. The molecule has 1 aliphatic heterocycles. The van der Waals surface area contributed by atoms with Crippen molar-refractivity contribution in [3.63, 3.8) is 0 Å².